The van der Waals surface area contributed by atoms with Gasteiger partial charge in [0.1, 0.15) is 0 Å². The van der Waals surface area contributed by atoms with Crippen LogP contribution in [0.2, 0.25) is 0 Å². The molecule has 28 heavy (non-hydrogen) atoms. The van der Waals surface area contributed by atoms with Crippen molar-refractivity contribution in [2.45, 2.75) is 0 Å². The van der Waals surface area contributed by atoms with Crippen LogP contribution in [0.15, 0.2) is 97.1 Å². The molecule has 0 aliphatic carbocycles. The zero-order valence-corrected chi connectivity index (χ0v) is 15.7. The summed E-state index contributed by atoms with van der Waals surface area (Å²) in [6, 6.07) is 35.2. The van der Waals surface area contributed by atoms with Gasteiger partial charge in [-0.1, -0.05) is 78.9 Å². The van der Waals surface area contributed by atoms with Gasteiger partial charge in [0.2, 0.25) is 0 Å². The van der Waals surface area contributed by atoms with Gasteiger partial charge < -0.3 is 4.57 Å². The normalized spacial score (nSPS) is 11.8. The van der Waals surface area contributed by atoms with Gasteiger partial charge in [-0.3, -0.25) is 0 Å². The van der Waals surface area contributed by atoms with Gasteiger partial charge in [-0.05, 0) is 50.9 Å². The number of aryl methyl sites for hydroxylation is 1. The average molecular weight is 357 g/mol. The summed E-state index contributed by atoms with van der Waals surface area (Å²) >= 11 is 0. The quantitative estimate of drug-likeness (QED) is 0.291. The van der Waals surface area contributed by atoms with Gasteiger partial charge in [0.25, 0.3) is 0 Å². The highest BCUT2D eigenvalue weighted by molar-refractivity contribution is 6.24. The first-order valence-corrected chi connectivity index (χ1v) is 9.69. The van der Waals surface area contributed by atoms with E-state index in [4.69, 9.17) is 0 Å². The molecule has 0 unspecified atom stereocenters. The highest BCUT2D eigenvalue weighted by atomic mass is 14.9. The molecular formula is C27H19N. The van der Waals surface area contributed by atoms with E-state index in [0.29, 0.717) is 0 Å². The fourth-order valence-electron chi connectivity index (χ4n) is 4.61. The number of nitrogens with zero attached hydrogens (tertiary/aromatic N) is 1. The maximum atomic E-state index is 2.32. The van der Waals surface area contributed by atoms with Crippen LogP contribution in [-0.4, -0.2) is 4.57 Å². The summed E-state index contributed by atoms with van der Waals surface area (Å²) in [5.41, 5.74) is 5.12. The highest BCUT2D eigenvalue weighted by Crippen LogP contribution is 2.40. The van der Waals surface area contributed by atoms with Crippen LogP contribution >= 0.6 is 0 Å². The lowest BCUT2D eigenvalue weighted by Gasteiger charge is -2.08. The molecule has 0 saturated carbocycles. The van der Waals surface area contributed by atoms with Crippen LogP contribution in [0.25, 0.3) is 54.5 Å². The van der Waals surface area contributed by atoms with Crippen LogP contribution in [0.1, 0.15) is 0 Å². The molecule has 1 heteroatoms. The fourth-order valence-corrected chi connectivity index (χ4v) is 4.61. The minimum atomic E-state index is 1.27. The molecular weight excluding hydrogens is 338 g/mol. The van der Waals surface area contributed by atoms with Gasteiger partial charge in [-0.25, -0.2) is 0 Å². The Morgan fingerprint density at radius 3 is 2.14 bits per heavy atom. The molecule has 6 rings (SSSR count). The largest absolute Gasteiger partial charge is 0.344 e. The monoisotopic (exact) mass is 357 g/mol. The number of fused-ring (bicyclic) bond motifs is 6. The Kier molecular flexibility index (Phi) is 3.15. The summed E-state index contributed by atoms with van der Waals surface area (Å²) in [7, 11) is 2.17. The first kappa shape index (κ1) is 15.5. The van der Waals surface area contributed by atoms with Crippen LogP contribution in [0.5, 0.6) is 0 Å². The minimum Gasteiger partial charge on any atom is -0.344 e. The lowest BCUT2D eigenvalue weighted by atomic mass is 9.95. The third kappa shape index (κ3) is 2.07. The fraction of sp³-hybridized carbons (Fsp3) is 0.0370. The van der Waals surface area contributed by atoms with Crippen molar-refractivity contribution < 1.29 is 0 Å². The van der Waals surface area contributed by atoms with Gasteiger partial charge in [-0.2, -0.15) is 0 Å². The molecule has 0 saturated heterocycles. The van der Waals surface area contributed by atoms with Crippen molar-refractivity contribution in [3.05, 3.63) is 97.1 Å². The SMILES string of the molecule is Cn1c2cccc(-c3ccc4ccccc4c3)c2c2c3ccccc3ccc21. The number of aromatic nitrogens is 1. The Bertz CT molecular complexity index is 1520. The van der Waals surface area contributed by atoms with Crippen molar-refractivity contribution in [2.24, 2.45) is 7.05 Å². The summed E-state index contributed by atoms with van der Waals surface area (Å²) in [6.07, 6.45) is 0. The van der Waals surface area contributed by atoms with Crippen molar-refractivity contribution >= 4 is 43.4 Å². The second-order valence-corrected chi connectivity index (χ2v) is 7.50. The summed E-state index contributed by atoms with van der Waals surface area (Å²) in [5.74, 6) is 0. The van der Waals surface area contributed by atoms with Crippen LogP contribution in [0.3, 0.4) is 0 Å². The van der Waals surface area contributed by atoms with Crippen molar-refractivity contribution in [3.63, 3.8) is 0 Å². The van der Waals surface area contributed by atoms with E-state index in [9.17, 15) is 0 Å². The molecule has 1 aromatic heterocycles. The van der Waals surface area contributed by atoms with E-state index in [2.05, 4.69) is 109 Å². The summed E-state index contributed by atoms with van der Waals surface area (Å²) in [5, 5.41) is 7.85. The standard InChI is InChI=1S/C27H19N/c1-28-24-12-6-11-23(21-14-13-18-7-2-3-9-20(18)17-21)27(24)26-22-10-5-4-8-19(22)15-16-25(26)28/h2-17H,1H3. The van der Waals surface area contributed by atoms with Crippen molar-refractivity contribution in [2.75, 3.05) is 0 Å². The molecule has 132 valence electrons. The molecule has 0 aliphatic rings. The van der Waals surface area contributed by atoms with E-state index in [0.717, 1.165) is 0 Å². The Labute approximate surface area is 163 Å². The third-order valence-electron chi connectivity index (χ3n) is 5.98. The van der Waals surface area contributed by atoms with E-state index in [1.807, 2.05) is 0 Å². The molecule has 0 bridgehead atoms. The maximum Gasteiger partial charge on any atom is 0.0495 e. The van der Waals surface area contributed by atoms with Crippen LogP contribution in [0.4, 0.5) is 0 Å². The van der Waals surface area contributed by atoms with Gasteiger partial charge in [-0.15, -0.1) is 0 Å². The van der Waals surface area contributed by atoms with Crippen LogP contribution in [-0.2, 0) is 7.05 Å². The van der Waals surface area contributed by atoms with Crippen LogP contribution in [0, 0.1) is 0 Å². The highest BCUT2D eigenvalue weighted by Gasteiger charge is 2.15. The summed E-state index contributed by atoms with van der Waals surface area (Å²) in [4.78, 5) is 0. The van der Waals surface area contributed by atoms with E-state index < -0.39 is 0 Å². The molecule has 1 heterocycles. The molecule has 0 fully saturated rings. The van der Waals surface area contributed by atoms with E-state index in [1.165, 1.54) is 54.5 Å². The van der Waals surface area contributed by atoms with Gasteiger partial charge >= 0.3 is 0 Å². The first-order valence-electron chi connectivity index (χ1n) is 9.69. The number of rotatable bonds is 1. The number of hydrogen-bond donors (Lipinski definition) is 0. The maximum absolute atomic E-state index is 2.32. The number of benzene rings is 5. The van der Waals surface area contributed by atoms with Crippen molar-refractivity contribution in [1.29, 1.82) is 0 Å². The molecule has 6 aromatic rings. The molecule has 0 aliphatic heterocycles. The second-order valence-electron chi connectivity index (χ2n) is 7.50. The lowest BCUT2D eigenvalue weighted by molar-refractivity contribution is 1.01. The van der Waals surface area contributed by atoms with Gasteiger partial charge in [0.05, 0.1) is 0 Å². The Hall–Kier alpha value is -3.58. The van der Waals surface area contributed by atoms with E-state index >= 15 is 0 Å². The smallest absolute Gasteiger partial charge is 0.0495 e. The molecule has 5 aromatic carbocycles. The molecule has 0 radical (unpaired) electrons. The van der Waals surface area contributed by atoms with Gasteiger partial charge in [0.15, 0.2) is 0 Å². The molecule has 1 nitrogen and oxygen atoms in total. The van der Waals surface area contributed by atoms with E-state index in [-0.39, 0.29) is 0 Å². The molecule has 0 amide bonds. The zero-order valence-electron chi connectivity index (χ0n) is 15.7. The van der Waals surface area contributed by atoms with Gasteiger partial charge in [0, 0.05) is 28.9 Å². The van der Waals surface area contributed by atoms with Crippen LogP contribution < -0.4 is 0 Å². The van der Waals surface area contributed by atoms with Crippen molar-refractivity contribution in [1.82, 2.24) is 4.57 Å². The predicted octanol–water partition coefficient (Wildman–Crippen LogP) is 7.30. The Morgan fingerprint density at radius 2 is 1.25 bits per heavy atom. The van der Waals surface area contributed by atoms with Crippen molar-refractivity contribution in [3.8, 4) is 11.1 Å². The minimum absolute atomic E-state index is 1.27. The number of hydrogen-bond acceptors (Lipinski definition) is 0. The summed E-state index contributed by atoms with van der Waals surface area (Å²) in [6.45, 7) is 0. The zero-order chi connectivity index (χ0) is 18.7. The third-order valence-corrected chi connectivity index (χ3v) is 5.98. The summed E-state index contributed by atoms with van der Waals surface area (Å²) < 4.78 is 2.32. The second kappa shape index (κ2) is 5.71. The predicted molar refractivity (Wildman–Crippen MR) is 121 cm³/mol. The topological polar surface area (TPSA) is 4.93 Å². The Morgan fingerprint density at radius 1 is 0.536 bits per heavy atom. The first-order chi connectivity index (χ1) is 13.8. The lowest BCUT2D eigenvalue weighted by Crippen LogP contribution is -1.86. The Balaban J connectivity index is 1.80. The average Bonchev–Trinajstić information content (AvgIpc) is 3.06. The molecule has 0 atom stereocenters. The molecule has 0 spiro atoms. The molecule has 0 N–H and O–H groups in total. The van der Waals surface area contributed by atoms with E-state index in [1.54, 1.807) is 0 Å².